The second kappa shape index (κ2) is 8.97. The highest BCUT2D eigenvalue weighted by molar-refractivity contribution is 7.91. The molecule has 0 aliphatic rings. The van der Waals surface area contributed by atoms with Gasteiger partial charge >= 0.3 is 0 Å². The van der Waals surface area contributed by atoms with Gasteiger partial charge in [0.25, 0.3) is 10.0 Å². The molecule has 3 rings (SSSR count). The Labute approximate surface area is 179 Å². The van der Waals surface area contributed by atoms with Crippen molar-refractivity contribution < 1.29 is 8.42 Å². The average Bonchev–Trinajstić information content (AvgIpc) is 3.30. The Morgan fingerprint density at radius 3 is 2.39 bits per heavy atom. The van der Waals surface area contributed by atoms with Crippen molar-refractivity contribution in [3.8, 4) is 5.69 Å². The van der Waals surface area contributed by atoms with Crippen LogP contribution in [0.5, 0.6) is 0 Å². The molecule has 1 aromatic carbocycles. The minimum Gasteiger partial charge on any atom is -0.236 e. The first-order valence-electron chi connectivity index (χ1n) is 8.93. The number of nitrogens with zero attached hydrogens (tertiary/aromatic N) is 2. The highest BCUT2D eigenvalue weighted by Gasteiger charge is 2.30. The van der Waals surface area contributed by atoms with Crippen molar-refractivity contribution in [1.82, 2.24) is 14.5 Å². The maximum Gasteiger partial charge on any atom is 0.250 e. The van der Waals surface area contributed by atoms with Gasteiger partial charge in [-0.2, -0.15) is 5.10 Å². The number of thiophene rings is 1. The average molecular weight is 458 g/mol. The zero-order chi connectivity index (χ0) is 20.3. The molecular formula is C19H21Cl2N3O2S2. The van der Waals surface area contributed by atoms with Crippen LogP contribution in [0.4, 0.5) is 0 Å². The maximum absolute atomic E-state index is 13.0. The molecule has 0 saturated heterocycles. The molecular weight excluding hydrogens is 437 g/mol. The monoisotopic (exact) mass is 457 g/mol. The first-order chi connectivity index (χ1) is 13.4. The predicted molar refractivity (Wildman–Crippen MR) is 115 cm³/mol. The van der Waals surface area contributed by atoms with E-state index >= 15 is 0 Å². The van der Waals surface area contributed by atoms with E-state index in [9.17, 15) is 8.42 Å². The van der Waals surface area contributed by atoms with Gasteiger partial charge in [-0.25, -0.2) is 17.8 Å². The summed E-state index contributed by atoms with van der Waals surface area (Å²) in [5.41, 5.74) is 1.66. The summed E-state index contributed by atoms with van der Waals surface area (Å²) in [7, 11) is -3.79. The van der Waals surface area contributed by atoms with Crippen molar-refractivity contribution in [3.63, 3.8) is 0 Å². The molecule has 2 aromatic heterocycles. The molecule has 0 amide bonds. The summed E-state index contributed by atoms with van der Waals surface area (Å²) >= 11 is 12.9. The van der Waals surface area contributed by atoms with Crippen molar-refractivity contribution in [2.75, 3.05) is 0 Å². The first-order valence-corrected chi connectivity index (χ1v) is 12.0. The summed E-state index contributed by atoms with van der Waals surface area (Å²) in [5.74, 6) is 0.0971. The summed E-state index contributed by atoms with van der Waals surface area (Å²) in [4.78, 5) is 0. The Balaban J connectivity index is 2.03. The molecule has 0 radical (unpaired) electrons. The van der Waals surface area contributed by atoms with Gasteiger partial charge in [0, 0.05) is 6.20 Å². The van der Waals surface area contributed by atoms with Crippen molar-refractivity contribution in [1.29, 1.82) is 0 Å². The minimum absolute atomic E-state index is 0.0971. The molecule has 0 bridgehead atoms. The van der Waals surface area contributed by atoms with E-state index in [2.05, 4.69) is 23.7 Å². The second-order valence-corrected chi connectivity index (χ2v) is 10.4. The molecule has 1 unspecified atom stereocenters. The fourth-order valence-electron chi connectivity index (χ4n) is 3.18. The van der Waals surface area contributed by atoms with Gasteiger partial charge in [0.05, 0.1) is 22.4 Å². The van der Waals surface area contributed by atoms with E-state index < -0.39 is 16.1 Å². The largest absolute Gasteiger partial charge is 0.250 e. The van der Waals surface area contributed by atoms with Gasteiger partial charge < -0.3 is 0 Å². The maximum atomic E-state index is 13.0. The number of rotatable bonds is 8. The van der Waals surface area contributed by atoms with Crippen LogP contribution in [-0.4, -0.2) is 18.2 Å². The van der Waals surface area contributed by atoms with Crippen LogP contribution >= 0.6 is 34.5 Å². The third-order valence-electron chi connectivity index (χ3n) is 4.68. The molecule has 9 heteroatoms. The van der Waals surface area contributed by atoms with Gasteiger partial charge in [-0.3, -0.25) is 0 Å². The molecule has 0 aliphatic carbocycles. The first kappa shape index (κ1) is 21.3. The van der Waals surface area contributed by atoms with E-state index in [4.69, 9.17) is 23.2 Å². The van der Waals surface area contributed by atoms with Crippen molar-refractivity contribution in [3.05, 3.63) is 63.7 Å². The fraction of sp³-hybridized carbons (Fsp3) is 0.316. The molecule has 0 saturated carbocycles. The molecule has 0 aliphatic heterocycles. The Morgan fingerprint density at radius 2 is 1.82 bits per heavy atom. The lowest BCUT2D eigenvalue weighted by Gasteiger charge is -2.26. The van der Waals surface area contributed by atoms with Gasteiger partial charge in [-0.15, -0.1) is 11.3 Å². The van der Waals surface area contributed by atoms with E-state index in [1.54, 1.807) is 10.9 Å². The van der Waals surface area contributed by atoms with Crippen LogP contribution in [-0.2, 0) is 10.0 Å². The van der Waals surface area contributed by atoms with E-state index in [0.717, 1.165) is 35.6 Å². The lowest BCUT2D eigenvalue weighted by atomic mass is 9.92. The number of sulfonamides is 1. The van der Waals surface area contributed by atoms with Crippen molar-refractivity contribution in [2.45, 2.75) is 36.9 Å². The molecule has 0 spiro atoms. The minimum atomic E-state index is -3.79. The zero-order valence-electron chi connectivity index (χ0n) is 15.5. The number of halogens is 2. The number of hydrogen-bond acceptors (Lipinski definition) is 4. The highest BCUT2D eigenvalue weighted by Crippen LogP contribution is 2.36. The number of benzene rings is 1. The van der Waals surface area contributed by atoms with Gasteiger partial charge in [0.1, 0.15) is 8.55 Å². The Morgan fingerprint density at radius 1 is 1.14 bits per heavy atom. The van der Waals surface area contributed by atoms with E-state index in [-0.39, 0.29) is 19.5 Å². The number of para-hydroxylation sites is 1. The Hall–Kier alpha value is -1.38. The van der Waals surface area contributed by atoms with Crippen molar-refractivity contribution >= 4 is 44.6 Å². The topological polar surface area (TPSA) is 64.0 Å². The molecule has 28 heavy (non-hydrogen) atoms. The van der Waals surface area contributed by atoms with Gasteiger partial charge in [0.2, 0.25) is 0 Å². The normalized spacial score (nSPS) is 13.2. The summed E-state index contributed by atoms with van der Waals surface area (Å²) < 4.78 is 31.1. The van der Waals surface area contributed by atoms with Crippen LogP contribution in [0.3, 0.4) is 0 Å². The number of nitrogens with one attached hydrogen (secondary N) is 1. The zero-order valence-corrected chi connectivity index (χ0v) is 18.6. The smallest absolute Gasteiger partial charge is 0.236 e. The van der Waals surface area contributed by atoms with Gasteiger partial charge in [-0.1, -0.05) is 68.1 Å². The van der Waals surface area contributed by atoms with Crippen LogP contribution in [0.15, 0.2) is 52.9 Å². The molecule has 0 fully saturated rings. The Kier molecular flexibility index (Phi) is 6.83. The molecule has 3 aromatic rings. The summed E-state index contributed by atoms with van der Waals surface area (Å²) in [6.45, 7) is 4.11. The van der Waals surface area contributed by atoms with Gasteiger partial charge in [-0.05, 0) is 30.2 Å². The second-order valence-electron chi connectivity index (χ2n) is 6.37. The van der Waals surface area contributed by atoms with Crippen LogP contribution < -0.4 is 4.72 Å². The molecule has 1 atom stereocenters. The SMILES string of the molecule is CCC(CC)C(NS(=O)(=O)c1cc(Cl)c(Cl)s1)c1ccnn1-c1ccccc1. The van der Waals surface area contributed by atoms with Crippen LogP contribution in [0.2, 0.25) is 9.36 Å². The quantitative estimate of drug-likeness (QED) is 0.471. The fourth-order valence-corrected chi connectivity index (χ4v) is 6.35. The van der Waals surface area contributed by atoms with Crippen LogP contribution in [0.25, 0.3) is 5.69 Å². The van der Waals surface area contributed by atoms with Crippen molar-refractivity contribution in [2.24, 2.45) is 5.92 Å². The lowest BCUT2D eigenvalue weighted by Crippen LogP contribution is -2.34. The van der Waals surface area contributed by atoms with E-state index in [0.29, 0.717) is 0 Å². The molecule has 1 N–H and O–H groups in total. The lowest BCUT2D eigenvalue weighted by molar-refractivity contribution is 0.366. The predicted octanol–water partition coefficient (Wildman–Crippen LogP) is 5.70. The van der Waals surface area contributed by atoms with Gasteiger partial charge in [0.15, 0.2) is 0 Å². The number of aromatic nitrogens is 2. The Bertz CT molecular complexity index is 1010. The third-order valence-corrected chi connectivity index (χ3v) is 8.46. The summed E-state index contributed by atoms with van der Waals surface area (Å²) in [6.07, 6.45) is 3.32. The summed E-state index contributed by atoms with van der Waals surface area (Å²) in [6, 6.07) is 12.4. The van der Waals surface area contributed by atoms with E-state index in [1.165, 1.54) is 6.07 Å². The molecule has 2 heterocycles. The third kappa shape index (κ3) is 4.44. The highest BCUT2D eigenvalue weighted by atomic mass is 35.5. The number of hydrogen-bond donors (Lipinski definition) is 1. The molecule has 5 nitrogen and oxygen atoms in total. The standard InChI is InChI=1S/C19H21Cl2N3O2S2/c1-3-13(4-2)18(23-28(25,26)17-12-15(20)19(21)27-17)16-10-11-22-24(16)14-8-6-5-7-9-14/h5-13,18,23H,3-4H2,1-2H3. The van der Waals surface area contributed by atoms with Crippen LogP contribution in [0, 0.1) is 5.92 Å². The summed E-state index contributed by atoms with van der Waals surface area (Å²) in [5, 5.41) is 4.66. The van der Waals surface area contributed by atoms with E-state index in [1.807, 2.05) is 36.4 Å². The molecule has 150 valence electrons. The van der Waals surface area contributed by atoms with Crippen LogP contribution in [0.1, 0.15) is 38.4 Å².